The average molecular weight is 404 g/mol. The number of esters is 1. The van der Waals surface area contributed by atoms with Crippen LogP contribution in [0.1, 0.15) is 57.2 Å². The van der Waals surface area contributed by atoms with Gasteiger partial charge in [-0.1, -0.05) is 37.5 Å². The van der Waals surface area contributed by atoms with Crippen molar-refractivity contribution in [3.05, 3.63) is 40.9 Å². The largest absolute Gasteiger partial charge is 0.550 e. The number of carbonyl (C=O) groups excluding carboxylic acids is 2. The van der Waals surface area contributed by atoms with Crippen LogP contribution in [0.25, 0.3) is 0 Å². The zero-order valence-corrected chi connectivity index (χ0v) is 17.4. The van der Waals surface area contributed by atoms with E-state index in [0.717, 1.165) is 24.1 Å². The molecule has 0 fully saturated rings. The molecule has 2 rings (SSSR count). The molecule has 1 atom stereocenters. The maximum absolute atomic E-state index is 12.9. The Morgan fingerprint density at radius 1 is 1.21 bits per heavy atom. The van der Waals surface area contributed by atoms with Gasteiger partial charge >= 0.3 is 5.97 Å². The minimum absolute atomic E-state index is 0.113. The fourth-order valence-corrected chi connectivity index (χ4v) is 3.89. The summed E-state index contributed by atoms with van der Waals surface area (Å²) in [6, 6.07) is 7.92. The molecule has 152 valence electrons. The van der Waals surface area contributed by atoms with Crippen molar-refractivity contribution in [2.45, 2.75) is 58.3 Å². The minimum atomic E-state index is -1.18. The Bertz CT molecular complexity index is 788. The minimum Gasteiger partial charge on any atom is -0.550 e. The van der Waals surface area contributed by atoms with Crippen molar-refractivity contribution >= 4 is 34.1 Å². The number of unbranched alkanes of at least 4 members (excludes halogenated alkanes) is 1. The van der Waals surface area contributed by atoms with Crippen molar-refractivity contribution in [2.24, 2.45) is 0 Å². The van der Waals surface area contributed by atoms with Crippen LogP contribution in [0.5, 0.6) is 0 Å². The topological polar surface area (TPSA) is 91.3 Å². The fraction of sp³-hybridized carbons (Fsp3) is 0.476. The highest BCUT2D eigenvalue weighted by atomic mass is 32.1. The molecule has 1 aromatic heterocycles. The molecule has 2 aromatic rings. The molecule has 6 nitrogen and oxygen atoms in total. The molecule has 7 heteroatoms. The lowest BCUT2D eigenvalue weighted by molar-refractivity contribution is -0.306. The van der Waals surface area contributed by atoms with Crippen LogP contribution >= 0.6 is 11.3 Å². The van der Waals surface area contributed by atoms with Crippen LogP contribution in [0.3, 0.4) is 0 Å². The second kappa shape index (κ2) is 10.2. The Morgan fingerprint density at radius 2 is 1.93 bits per heavy atom. The van der Waals surface area contributed by atoms with Gasteiger partial charge in [0.1, 0.15) is 5.41 Å². The fourth-order valence-electron chi connectivity index (χ4n) is 3.06. The van der Waals surface area contributed by atoms with Crippen LogP contribution in [0, 0.1) is 6.92 Å². The monoisotopic (exact) mass is 403 g/mol. The number of nitrogens with one attached hydrogen (secondary N) is 1. The predicted octanol–water partition coefficient (Wildman–Crippen LogP) is 3.72. The van der Waals surface area contributed by atoms with Gasteiger partial charge in [-0.3, -0.25) is 4.79 Å². The van der Waals surface area contributed by atoms with Crippen molar-refractivity contribution in [1.29, 1.82) is 0 Å². The Balaban J connectivity index is 2.34. The van der Waals surface area contributed by atoms with Gasteiger partial charge in [-0.15, -0.1) is 11.3 Å². The SMILES string of the molecule is CCCC[C@@](CCC(=O)[O-])(C(=O)OCC)c1csc(Nc2ccc(C)cc2)n1. The van der Waals surface area contributed by atoms with Crippen LogP contribution in [-0.4, -0.2) is 23.5 Å². The summed E-state index contributed by atoms with van der Waals surface area (Å²) in [6.07, 6.45) is 2.03. The molecular weight excluding hydrogens is 376 g/mol. The van der Waals surface area contributed by atoms with E-state index >= 15 is 0 Å². The number of carboxylic acid groups (broad SMARTS) is 1. The smallest absolute Gasteiger partial charge is 0.318 e. The molecule has 28 heavy (non-hydrogen) atoms. The van der Waals surface area contributed by atoms with E-state index in [-0.39, 0.29) is 19.4 Å². The first-order chi connectivity index (χ1) is 13.4. The van der Waals surface area contributed by atoms with Crippen LogP contribution in [0.2, 0.25) is 0 Å². The molecule has 1 aromatic carbocycles. The normalized spacial score (nSPS) is 13.0. The van der Waals surface area contributed by atoms with E-state index in [1.54, 1.807) is 6.92 Å². The summed E-state index contributed by atoms with van der Waals surface area (Å²) >= 11 is 1.39. The van der Waals surface area contributed by atoms with E-state index in [1.165, 1.54) is 11.3 Å². The van der Waals surface area contributed by atoms with Gasteiger partial charge in [0.15, 0.2) is 5.13 Å². The Hall–Kier alpha value is -2.41. The third-order valence-corrected chi connectivity index (χ3v) is 5.43. The number of carboxylic acids is 1. The van der Waals surface area contributed by atoms with E-state index < -0.39 is 17.4 Å². The van der Waals surface area contributed by atoms with E-state index in [1.807, 2.05) is 43.5 Å². The molecule has 0 amide bonds. The molecule has 0 bridgehead atoms. The first kappa shape index (κ1) is 21.9. The zero-order chi connectivity index (χ0) is 20.6. The first-order valence-electron chi connectivity index (χ1n) is 9.58. The van der Waals surface area contributed by atoms with Crippen molar-refractivity contribution in [3.8, 4) is 0 Å². The number of carbonyl (C=O) groups is 2. The zero-order valence-electron chi connectivity index (χ0n) is 16.6. The molecule has 0 aliphatic rings. The predicted molar refractivity (Wildman–Crippen MR) is 109 cm³/mol. The van der Waals surface area contributed by atoms with Gasteiger partial charge in [0.05, 0.1) is 12.3 Å². The number of anilines is 2. The molecule has 1 heterocycles. The lowest BCUT2D eigenvalue weighted by atomic mass is 9.76. The number of nitrogens with zero attached hydrogens (tertiary/aromatic N) is 1. The van der Waals surface area contributed by atoms with Gasteiger partial charge in [0.25, 0.3) is 0 Å². The Kier molecular flexibility index (Phi) is 7.99. The maximum Gasteiger partial charge on any atom is 0.318 e. The lowest BCUT2D eigenvalue weighted by Gasteiger charge is -2.30. The van der Waals surface area contributed by atoms with Crippen LogP contribution in [-0.2, 0) is 19.7 Å². The van der Waals surface area contributed by atoms with Gasteiger partial charge in [-0.25, -0.2) is 4.98 Å². The van der Waals surface area contributed by atoms with E-state index in [0.29, 0.717) is 17.2 Å². The van der Waals surface area contributed by atoms with Crippen LogP contribution in [0.4, 0.5) is 10.8 Å². The Morgan fingerprint density at radius 3 is 2.54 bits per heavy atom. The van der Waals surface area contributed by atoms with Gasteiger partial charge in [-0.05, 0) is 45.2 Å². The summed E-state index contributed by atoms with van der Waals surface area (Å²) < 4.78 is 5.32. The summed E-state index contributed by atoms with van der Waals surface area (Å²) in [5.41, 5.74) is 1.54. The summed E-state index contributed by atoms with van der Waals surface area (Å²) in [5.74, 6) is -1.60. The van der Waals surface area contributed by atoms with E-state index in [9.17, 15) is 14.7 Å². The molecule has 0 aliphatic heterocycles. The number of aromatic nitrogens is 1. The standard InChI is InChI=1S/C21H28N2O4S/c1-4-6-12-21(13-11-18(24)25,19(26)27-5-2)17-14-28-20(23-17)22-16-9-7-15(3)8-10-16/h7-10,14H,4-6,11-13H2,1-3H3,(H,22,23)(H,24,25)/p-1/t21-/m0/s1. The van der Waals surface area contributed by atoms with E-state index in [4.69, 9.17) is 4.74 Å². The highest BCUT2D eigenvalue weighted by Gasteiger charge is 2.43. The molecule has 0 unspecified atom stereocenters. The number of aliphatic carboxylic acids is 1. The second-order valence-corrected chi connectivity index (χ2v) is 7.67. The number of ether oxygens (including phenoxy) is 1. The number of rotatable bonds is 11. The molecule has 1 N–H and O–H groups in total. The number of aryl methyl sites for hydroxylation is 1. The first-order valence-corrected chi connectivity index (χ1v) is 10.5. The highest BCUT2D eigenvalue weighted by molar-refractivity contribution is 7.13. The lowest BCUT2D eigenvalue weighted by Crippen LogP contribution is -2.40. The van der Waals surface area contributed by atoms with E-state index in [2.05, 4.69) is 10.3 Å². The molecule has 0 saturated carbocycles. The summed E-state index contributed by atoms with van der Waals surface area (Å²) in [7, 11) is 0. The quantitative estimate of drug-likeness (QED) is 0.575. The number of hydrogen-bond donors (Lipinski definition) is 1. The number of hydrogen-bond acceptors (Lipinski definition) is 7. The molecule has 0 saturated heterocycles. The van der Waals surface area contributed by atoms with Gasteiger partial charge in [0, 0.05) is 17.0 Å². The van der Waals surface area contributed by atoms with Gasteiger partial charge < -0.3 is 20.0 Å². The third-order valence-electron chi connectivity index (χ3n) is 4.68. The summed E-state index contributed by atoms with van der Waals surface area (Å²) in [6.45, 7) is 6.02. The van der Waals surface area contributed by atoms with Crippen molar-refractivity contribution in [3.63, 3.8) is 0 Å². The number of thiazole rings is 1. The van der Waals surface area contributed by atoms with Crippen LogP contribution < -0.4 is 10.4 Å². The highest BCUT2D eigenvalue weighted by Crippen LogP contribution is 2.38. The van der Waals surface area contributed by atoms with Gasteiger partial charge in [-0.2, -0.15) is 0 Å². The Labute approximate surface area is 170 Å². The molecular formula is C21H27N2O4S-. The van der Waals surface area contributed by atoms with Crippen molar-refractivity contribution in [1.82, 2.24) is 4.98 Å². The average Bonchev–Trinajstić information content (AvgIpc) is 3.13. The summed E-state index contributed by atoms with van der Waals surface area (Å²) in [5, 5.41) is 16.8. The van der Waals surface area contributed by atoms with Gasteiger partial charge in [0.2, 0.25) is 0 Å². The third kappa shape index (κ3) is 5.55. The molecule has 0 radical (unpaired) electrons. The maximum atomic E-state index is 12.9. The van der Waals surface area contributed by atoms with Crippen LogP contribution in [0.15, 0.2) is 29.6 Å². The second-order valence-electron chi connectivity index (χ2n) is 6.81. The van der Waals surface area contributed by atoms with Crippen molar-refractivity contribution in [2.75, 3.05) is 11.9 Å². The summed E-state index contributed by atoms with van der Waals surface area (Å²) in [4.78, 5) is 28.6. The molecule has 0 spiro atoms. The molecule has 0 aliphatic carbocycles. The number of benzene rings is 1. The van der Waals surface area contributed by atoms with Crippen molar-refractivity contribution < 1.29 is 19.4 Å².